The number of carbonyl (C=O) groups is 1. The van der Waals surface area contributed by atoms with Crippen molar-refractivity contribution in [3.63, 3.8) is 0 Å². The summed E-state index contributed by atoms with van der Waals surface area (Å²) in [5, 5.41) is 2.35. The lowest BCUT2D eigenvalue weighted by atomic mass is 10.2. The predicted molar refractivity (Wildman–Crippen MR) is 74.3 cm³/mol. The lowest BCUT2D eigenvalue weighted by molar-refractivity contribution is 0.102. The van der Waals surface area contributed by atoms with Gasteiger partial charge in [-0.1, -0.05) is 6.07 Å². The van der Waals surface area contributed by atoms with Gasteiger partial charge in [-0.3, -0.25) is 4.79 Å². The molecule has 4 nitrogen and oxygen atoms in total. The van der Waals surface area contributed by atoms with E-state index >= 15 is 0 Å². The van der Waals surface area contributed by atoms with E-state index < -0.39 is 29.2 Å². The van der Waals surface area contributed by atoms with Crippen molar-refractivity contribution < 1.29 is 22.7 Å². The van der Waals surface area contributed by atoms with Crippen LogP contribution in [-0.2, 0) is 0 Å². The van der Waals surface area contributed by atoms with Crippen molar-refractivity contribution in [1.82, 2.24) is 4.98 Å². The van der Waals surface area contributed by atoms with Crippen LogP contribution in [0.15, 0.2) is 30.3 Å². The van der Waals surface area contributed by atoms with Crippen LogP contribution in [0.5, 0.6) is 5.75 Å². The van der Waals surface area contributed by atoms with E-state index in [4.69, 9.17) is 4.74 Å². The third-order valence-corrected chi connectivity index (χ3v) is 2.59. The highest BCUT2D eigenvalue weighted by Gasteiger charge is 2.19. The third-order valence-electron chi connectivity index (χ3n) is 2.59. The number of rotatable bonds is 4. The van der Waals surface area contributed by atoms with Crippen LogP contribution in [0.1, 0.15) is 24.2 Å². The fourth-order valence-corrected chi connectivity index (χ4v) is 1.75. The summed E-state index contributed by atoms with van der Waals surface area (Å²) in [6, 6.07) is 6.89. The Balaban J connectivity index is 2.22. The first-order valence-electron chi connectivity index (χ1n) is 6.46. The summed E-state index contributed by atoms with van der Waals surface area (Å²) in [5.74, 6) is -4.93. The van der Waals surface area contributed by atoms with Gasteiger partial charge in [0.05, 0.1) is 11.7 Å². The second kappa shape index (κ2) is 6.46. The highest BCUT2D eigenvalue weighted by atomic mass is 19.2. The Kier molecular flexibility index (Phi) is 4.65. The van der Waals surface area contributed by atoms with Gasteiger partial charge >= 0.3 is 0 Å². The van der Waals surface area contributed by atoms with Crippen LogP contribution in [0.25, 0.3) is 0 Å². The van der Waals surface area contributed by atoms with E-state index in [9.17, 15) is 18.0 Å². The van der Waals surface area contributed by atoms with E-state index in [1.807, 2.05) is 13.8 Å². The number of pyridine rings is 1. The standard InChI is InChI=1S/C15H13F3N2O2/c1-8(2)22-10-5-3-4-9(6-10)19-15(21)11-7-12(16)20-14(18)13(11)17/h3-8H,1-2H3,(H,19,21). The van der Waals surface area contributed by atoms with Crippen LogP contribution >= 0.6 is 0 Å². The number of amides is 1. The van der Waals surface area contributed by atoms with Gasteiger partial charge in [-0.25, -0.2) is 4.39 Å². The highest BCUT2D eigenvalue weighted by Crippen LogP contribution is 2.20. The zero-order chi connectivity index (χ0) is 16.3. The maximum absolute atomic E-state index is 13.5. The molecule has 0 saturated heterocycles. The van der Waals surface area contributed by atoms with Gasteiger partial charge in [-0.15, -0.1) is 0 Å². The van der Waals surface area contributed by atoms with Crippen molar-refractivity contribution in [2.45, 2.75) is 20.0 Å². The maximum atomic E-state index is 13.5. The Morgan fingerprint density at radius 1 is 1.23 bits per heavy atom. The molecule has 22 heavy (non-hydrogen) atoms. The van der Waals surface area contributed by atoms with Crippen LogP contribution in [0, 0.1) is 17.7 Å². The summed E-state index contributed by atoms with van der Waals surface area (Å²) < 4.78 is 45.0. The van der Waals surface area contributed by atoms with Crippen LogP contribution < -0.4 is 10.1 Å². The molecule has 7 heteroatoms. The Labute approximate surface area is 124 Å². The number of hydrogen-bond donors (Lipinski definition) is 1. The number of aromatic nitrogens is 1. The zero-order valence-electron chi connectivity index (χ0n) is 11.9. The minimum Gasteiger partial charge on any atom is -0.491 e. The molecule has 0 fully saturated rings. The van der Waals surface area contributed by atoms with E-state index in [1.165, 1.54) is 12.1 Å². The van der Waals surface area contributed by atoms with E-state index in [-0.39, 0.29) is 6.10 Å². The van der Waals surface area contributed by atoms with Crippen LogP contribution in [-0.4, -0.2) is 17.0 Å². The first kappa shape index (κ1) is 15.8. The Morgan fingerprint density at radius 2 is 1.95 bits per heavy atom. The molecule has 0 aliphatic carbocycles. The van der Waals surface area contributed by atoms with Gasteiger partial charge in [0.1, 0.15) is 5.75 Å². The SMILES string of the molecule is CC(C)Oc1cccc(NC(=O)c2cc(F)nc(F)c2F)c1. The molecule has 0 aliphatic rings. The summed E-state index contributed by atoms with van der Waals surface area (Å²) in [6.07, 6.45) is -0.0632. The number of anilines is 1. The summed E-state index contributed by atoms with van der Waals surface area (Å²) >= 11 is 0. The van der Waals surface area contributed by atoms with E-state index in [0.29, 0.717) is 17.5 Å². The maximum Gasteiger partial charge on any atom is 0.258 e. The molecule has 0 spiro atoms. The van der Waals surface area contributed by atoms with Gasteiger partial charge in [-0.05, 0) is 26.0 Å². The number of carbonyl (C=O) groups excluding carboxylic acids is 1. The second-order valence-corrected chi connectivity index (χ2v) is 4.75. The normalized spacial score (nSPS) is 10.6. The van der Waals surface area contributed by atoms with Crippen LogP contribution in [0.3, 0.4) is 0 Å². The smallest absolute Gasteiger partial charge is 0.258 e. The summed E-state index contributed by atoms with van der Waals surface area (Å²) in [7, 11) is 0. The van der Waals surface area contributed by atoms with E-state index in [0.717, 1.165) is 0 Å². The number of benzene rings is 1. The van der Waals surface area contributed by atoms with Gasteiger partial charge < -0.3 is 10.1 Å². The summed E-state index contributed by atoms with van der Waals surface area (Å²) in [5.41, 5.74) is -0.458. The lowest BCUT2D eigenvalue weighted by Gasteiger charge is -2.11. The summed E-state index contributed by atoms with van der Waals surface area (Å²) in [6.45, 7) is 3.67. The van der Waals surface area contributed by atoms with E-state index in [2.05, 4.69) is 10.3 Å². The van der Waals surface area contributed by atoms with Crippen LogP contribution in [0.2, 0.25) is 0 Å². The molecule has 2 aromatic rings. The Hall–Kier alpha value is -2.57. The highest BCUT2D eigenvalue weighted by molar-refractivity contribution is 6.04. The molecule has 0 bridgehead atoms. The molecule has 0 unspecified atom stereocenters. The molecule has 1 aromatic carbocycles. The largest absolute Gasteiger partial charge is 0.491 e. The monoisotopic (exact) mass is 310 g/mol. The van der Waals surface area contributed by atoms with Gasteiger partial charge in [0.15, 0.2) is 5.82 Å². The molecule has 2 rings (SSSR count). The van der Waals surface area contributed by atoms with Gasteiger partial charge in [-0.2, -0.15) is 13.8 Å². The third kappa shape index (κ3) is 3.75. The van der Waals surface area contributed by atoms with Crippen molar-refractivity contribution in [2.75, 3.05) is 5.32 Å². The Bertz CT molecular complexity index is 705. The van der Waals surface area contributed by atoms with Gasteiger partial charge in [0.25, 0.3) is 11.9 Å². The summed E-state index contributed by atoms with van der Waals surface area (Å²) in [4.78, 5) is 14.6. The number of nitrogens with one attached hydrogen (secondary N) is 1. The average Bonchev–Trinajstić information content (AvgIpc) is 2.42. The molecule has 116 valence electrons. The van der Waals surface area contributed by atoms with Crippen molar-refractivity contribution in [3.05, 3.63) is 53.6 Å². The van der Waals surface area contributed by atoms with Crippen molar-refractivity contribution in [1.29, 1.82) is 0 Å². The number of nitrogens with zero attached hydrogens (tertiary/aromatic N) is 1. The molecule has 1 amide bonds. The van der Waals surface area contributed by atoms with Gasteiger partial charge in [0.2, 0.25) is 5.95 Å². The molecular formula is C15H13F3N2O2. The fourth-order valence-electron chi connectivity index (χ4n) is 1.75. The quantitative estimate of drug-likeness (QED) is 0.879. The van der Waals surface area contributed by atoms with Gasteiger partial charge in [0, 0.05) is 17.8 Å². The lowest BCUT2D eigenvalue weighted by Crippen LogP contribution is -2.16. The average molecular weight is 310 g/mol. The first-order valence-corrected chi connectivity index (χ1v) is 6.46. The molecule has 0 aliphatic heterocycles. The molecule has 0 radical (unpaired) electrons. The fraction of sp³-hybridized carbons (Fsp3) is 0.200. The molecule has 0 saturated carbocycles. The minimum atomic E-state index is -1.66. The van der Waals surface area contributed by atoms with Crippen molar-refractivity contribution in [2.24, 2.45) is 0 Å². The molecular weight excluding hydrogens is 297 g/mol. The minimum absolute atomic E-state index is 0.0632. The van der Waals surface area contributed by atoms with Crippen molar-refractivity contribution >= 4 is 11.6 Å². The number of hydrogen-bond acceptors (Lipinski definition) is 3. The van der Waals surface area contributed by atoms with E-state index in [1.54, 1.807) is 12.1 Å². The Morgan fingerprint density at radius 3 is 2.64 bits per heavy atom. The van der Waals surface area contributed by atoms with Crippen LogP contribution in [0.4, 0.5) is 18.9 Å². The first-order chi connectivity index (χ1) is 10.4. The molecule has 0 atom stereocenters. The zero-order valence-corrected chi connectivity index (χ0v) is 11.9. The molecule has 1 heterocycles. The predicted octanol–water partition coefficient (Wildman–Crippen LogP) is 3.54. The topological polar surface area (TPSA) is 51.2 Å². The van der Waals surface area contributed by atoms with Crippen molar-refractivity contribution in [3.8, 4) is 5.75 Å². The molecule has 1 aromatic heterocycles. The molecule has 1 N–H and O–H groups in total. The number of ether oxygens (including phenoxy) is 1. The second-order valence-electron chi connectivity index (χ2n) is 4.75. The number of halogens is 3.